The Morgan fingerprint density at radius 3 is 2.27 bits per heavy atom. The van der Waals surface area contributed by atoms with Crippen LogP contribution in [0.2, 0.25) is 0 Å². The summed E-state index contributed by atoms with van der Waals surface area (Å²) in [4.78, 5) is 16.2. The Kier molecular flexibility index (Phi) is 4.18. The summed E-state index contributed by atoms with van der Waals surface area (Å²) in [5.41, 5.74) is 0. The molecule has 86 valence electrons. The van der Waals surface area contributed by atoms with Gasteiger partial charge in [0, 0.05) is 31.9 Å². The molecule has 2 rings (SSSR count). The molecule has 0 aliphatic carbocycles. The number of hydrogen-bond acceptors (Lipinski definition) is 2. The number of piperidine rings is 1. The van der Waals surface area contributed by atoms with Crippen LogP contribution in [0.3, 0.4) is 0 Å². The van der Waals surface area contributed by atoms with Crippen LogP contribution < -0.4 is 0 Å². The molecule has 0 atom stereocenters. The zero-order valence-corrected chi connectivity index (χ0v) is 10.1. The molecule has 15 heavy (non-hydrogen) atoms. The number of hydrogen-bond donors (Lipinski definition) is 0. The Balaban J connectivity index is 1.87. The molecule has 0 aromatic carbocycles. The number of urea groups is 1. The third-order valence-electron chi connectivity index (χ3n) is 3.12. The van der Waals surface area contributed by atoms with Gasteiger partial charge in [-0.1, -0.05) is 0 Å². The van der Waals surface area contributed by atoms with Crippen LogP contribution >= 0.6 is 11.8 Å². The number of likely N-dealkylation sites (tertiary alicyclic amines) is 1. The molecule has 4 heteroatoms. The maximum absolute atomic E-state index is 12.1. The van der Waals surface area contributed by atoms with E-state index in [2.05, 4.69) is 0 Å². The van der Waals surface area contributed by atoms with Gasteiger partial charge in [0.05, 0.1) is 0 Å². The minimum Gasteiger partial charge on any atom is -0.325 e. The summed E-state index contributed by atoms with van der Waals surface area (Å²) in [6.07, 6.45) is 4.83. The molecule has 0 aromatic heterocycles. The van der Waals surface area contributed by atoms with Crippen LogP contribution in [0.25, 0.3) is 0 Å². The van der Waals surface area contributed by atoms with Crippen molar-refractivity contribution in [3.05, 3.63) is 0 Å². The number of thioether (sulfide) groups is 1. The quantitative estimate of drug-likeness (QED) is 0.633. The topological polar surface area (TPSA) is 23.6 Å². The Bertz CT molecular complexity index is 209. The molecule has 0 N–H and O–H groups in total. The van der Waals surface area contributed by atoms with E-state index in [9.17, 15) is 4.79 Å². The average molecular weight is 228 g/mol. The van der Waals surface area contributed by atoms with E-state index in [1.165, 1.54) is 25.0 Å². The maximum atomic E-state index is 12.1. The van der Waals surface area contributed by atoms with Crippen LogP contribution in [0.5, 0.6) is 0 Å². The number of nitrogens with zero attached hydrogens (tertiary/aromatic N) is 2. The van der Waals surface area contributed by atoms with Crippen molar-refractivity contribution in [2.45, 2.75) is 25.7 Å². The van der Waals surface area contributed by atoms with Crippen molar-refractivity contribution in [1.82, 2.24) is 9.80 Å². The van der Waals surface area contributed by atoms with Gasteiger partial charge in [0.25, 0.3) is 0 Å². The van der Waals surface area contributed by atoms with Crippen molar-refractivity contribution in [3.63, 3.8) is 0 Å². The van der Waals surface area contributed by atoms with Gasteiger partial charge in [0.15, 0.2) is 0 Å². The van der Waals surface area contributed by atoms with E-state index in [1.54, 1.807) is 0 Å². The summed E-state index contributed by atoms with van der Waals surface area (Å²) in [6.45, 7) is 3.85. The largest absolute Gasteiger partial charge is 0.325 e. The molecule has 2 heterocycles. The fourth-order valence-corrected chi connectivity index (χ4v) is 3.11. The van der Waals surface area contributed by atoms with Gasteiger partial charge >= 0.3 is 6.03 Å². The lowest BCUT2D eigenvalue weighted by molar-refractivity contribution is 0.146. The first-order chi connectivity index (χ1) is 7.38. The van der Waals surface area contributed by atoms with Gasteiger partial charge in [-0.05, 0) is 31.4 Å². The summed E-state index contributed by atoms with van der Waals surface area (Å²) in [6, 6.07) is 0.289. The van der Waals surface area contributed by atoms with Crippen LogP contribution in [0.1, 0.15) is 25.7 Å². The van der Waals surface area contributed by atoms with Crippen LogP contribution in [-0.4, -0.2) is 53.5 Å². The lowest BCUT2D eigenvalue weighted by atomic mass is 10.1. The van der Waals surface area contributed by atoms with Crippen LogP contribution in [-0.2, 0) is 0 Å². The van der Waals surface area contributed by atoms with E-state index >= 15 is 0 Å². The Morgan fingerprint density at radius 1 is 0.800 bits per heavy atom. The maximum Gasteiger partial charge on any atom is 0.320 e. The van der Waals surface area contributed by atoms with Gasteiger partial charge in [-0.2, -0.15) is 11.8 Å². The van der Waals surface area contributed by atoms with Crippen molar-refractivity contribution in [1.29, 1.82) is 0 Å². The third-order valence-corrected chi connectivity index (χ3v) is 4.17. The zero-order valence-electron chi connectivity index (χ0n) is 9.28. The second kappa shape index (κ2) is 5.64. The molecule has 2 saturated heterocycles. The van der Waals surface area contributed by atoms with Crippen LogP contribution in [0, 0.1) is 0 Å². The van der Waals surface area contributed by atoms with Gasteiger partial charge in [0.2, 0.25) is 0 Å². The highest BCUT2D eigenvalue weighted by atomic mass is 32.2. The molecule has 0 saturated carbocycles. The molecule has 0 bridgehead atoms. The minimum atomic E-state index is 0.289. The van der Waals surface area contributed by atoms with E-state index in [1.807, 2.05) is 21.6 Å². The fraction of sp³-hybridized carbons (Fsp3) is 0.909. The average Bonchev–Trinajstić information content (AvgIpc) is 2.58. The molecular weight excluding hydrogens is 208 g/mol. The third kappa shape index (κ3) is 3.03. The van der Waals surface area contributed by atoms with E-state index in [0.717, 1.165) is 38.4 Å². The smallest absolute Gasteiger partial charge is 0.320 e. The van der Waals surface area contributed by atoms with Crippen molar-refractivity contribution < 1.29 is 4.79 Å². The molecule has 0 aromatic rings. The number of carbonyl (C=O) groups is 1. The molecule has 2 fully saturated rings. The molecular formula is C11H20N2OS. The molecule has 3 nitrogen and oxygen atoms in total. The summed E-state index contributed by atoms with van der Waals surface area (Å²) in [7, 11) is 0. The summed E-state index contributed by atoms with van der Waals surface area (Å²) < 4.78 is 0. The van der Waals surface area contributed by atoms with Gasteiger partial charge in [-0.3, -0.25) is 0 Å². The lowest BCUT2D eigenvalue weighted by Crippen LogP contribution is -2.46. The first kappa shape index (κ1) is 11.1. The molecule has 0 unspecified atom stereocenters. The Morgan fingerprint density at radius 2 is 1.47 bits per heavy atom. The molecule has 2 aliphatic rings. The van der Waals surface area contributed by atoms with E-state index in [-0.39, 0.29) is 6.03 Å². The lowest BCUT2D eigenvalue weighted by Gasteiger charge is -2.32. The summed E-state index contributed by atoms with van der Waals surface area (Å²) in [5, 5.41) is 0. The highest BCUT2D eigenvalue weighted by Crippen LogP contribution is 2.15. The van der Waals surface area contributed by atoms with Gasteiger partial charge in [-0.15, -0.1) is 0 Å². The van der Waals surface area contributed by atoms with E-state index < -0.39 is 0 Å². The first-order valence-corrected chi connectivity index (χ1v) is 7.15. The Hall–Kier alpha value is -0.380. The van der Waals surface area contributed by atoms with E-state index in [0.29, 0.717) is 0 Å². The molecule has 0 radical (unpaired) electrons. The number of carbonyl (C=O) groups excluding carboxylic acids is 1. The van der Waals surface area contributed by atoms with E-state index in [4.69, 9.17) is 0 Å². The van der Waals surface area contributed by atoms with Crippen molar-refractivity contribution in [2.24, 2.45) is 0 Å². The van der Waals surface area contributed by atoms with Crippen molar-refractivity contribution in [2.75, 3.05) is 37.7 Å². The summed E-state index contributed by atoms with van der Waals surface area (Å²) >= 11 is 1.97. The molecule has 2 amide bonds. The minimum absolute atomic E-state index is 0.289. The second-order valence-electron chi connectivity index (χ2n) is 4.28. The zero-order chi connectivity index (χ0) is 10.5. The molecule has 2 aliphatic heterocycles. The number of amides is 2. The van der Waals surface area contributed by atoms with Crippen molar-refractivity contribution in [3.8, 4) is 0 Å². The van der Waals surface area contributed by atoms with Crippen molar-refractivity contribution >= 4 is 17.8 Å². The first-order valence-electron chi connectivity index (χ1n) is 5.99. The Labute approximate surface area is 96.2 Å². The molecule has 0 spiro atoms. The van der Waals surface area contributed by atoms with Gasteiger partial charge in [0.1, 0.15) is 0 Å². The number of rotatable bonds is 0. The van der Waals surface area contributed by atoms with Gasteiger partial charge in [-0.25, -0.2) is 4.79 Å². The van der Waals surface area contributed by atoms with Gasteiger partial charge < -0.3 is 9.80 Å². The summed E-state index contributed by atoms with van der Waals surface area (Å²) in [5.74, 6) is 2.32. The predicted molar refractivity (Wildman–Crippen MR) is 64.3 cm³/mol. The SMILES string of the molecule is O=C(N1CCCCC1)N1CCCSCC1. The monoisotopic (exact) mass is 228 g/mol. The standard InChI is InChI=1S/C11H20N2OS/c14-11(12-5-2-1-3-6-12)13-7-4-9-15-10-8-13/h1-10H2. The normalized spacial score (nSPS) is 23.7. The van der Waals surface area contributed by atoms with Crippen LogP contribution in [0.4, 0.5) is 4.79 Å². The van der Waals surface area contributed by atoms with Crippen LogP contribution in [0.15, 0.2) is 0 Å². The highest BCUT2D eigenvalue weighted by molar-refractivity contribution is 7.99. The highest BCUT2D eigenvalue weighted by Gasteiger charge is 2.22. The predicted octanol–water partition coefficient (Wildman–Crippen LogP) is 2.03. The fourth-order valence-electron chi connectivity index (χ4n) is 2.22. The second-order valence-corrected chi connectivity index (χ2v) is 5.51.